The van der Waals surface area contributed by atoms with Crippen LogP contribution in [0.3, 0.4) is 0 Å². The Kier molecular flexibility index (Phi) is 5.32. The second-order valence-electron chi connectivity index (χ2n) is 8.01. The van der Waals surface area contributed by atoms with Gasteiger partial charge in [0.05, 0.1) is 17.2 Å². The number of ether oxygens (including phenoxy) is 1. The molecule has 2 aromatic rings. The number of anilines is 2. The average molecular weight is 401 g/mol. The molecule has 154 valence electrons. The third kappa shape index (κ3) is 4.23. The van der Waals surface area contributed by atoms with Crippen molar-refractivity contribution in [3.63, 3.8) is 0 Å². The van der Waals surface area contributed by atoms with Crippen molar-refractivity contribution >= 4 is 29.1 Å². The van der Waals surface area contributed by atoms with Gasteiger partial charge in [-0.15, -0.1) is 0 Å². The minimum atomic E-state index is -0.713. The third-order valence-electron chi connectivity index (χ3n) is 4.46. The minimum absolute atomic E-state index is 0.0235. The fourth-order valence-electron chi connectivity index (χ4n) is 3.01. The number of nitrogens with one attached hydrogen (secondary N) is 1. The van der Waals surface area contributed by atoms with E-state index >= 15 is 0 Å². The monoisotopic (exact) mass is 401 g/mol. The fourth-order valence-corrected chi connectivity index (χ4v) is 3.01. The zero-order chi connectivity index (χ0) is 21.3. The summed E-state index contributed by atoms with van der Waals surface area (Å²) in [6, 6.07) is 7.35. The van der Waals surface area contributed by atoms with E-state index < -0.39 is 22.1 Å². The van der Waals surface area contributed by atoms with E-state index in [1.54, 1.807) is 23.1 Å². The molecular formula is C20H23N3O6. The summed E-state index contributed by atoms with van der Waals surface area (Å²) in [5.41, 5.74) is 0.370. The first kappa shape index (κ1) is 20.4. The number of furan rings is 1. The van der Waals surface area contributed by atoms with Gasteiger partial charge in [0.2, 0.25) is 5.91 Å². The predicted molar refractivity (Wildman–Crippen MR) is 106 cm³/mol. The van der Waals surface area contributed by atoms with Crippen LogP contribution in [0.25, 0.3) is 0 Å². The zero-order valence-electron chi connectivity index (χ0n) is 16.7. The van der Waals surface area contributed by atoms with Gasteiger partial charge in [0.25, 0.3) is 5.91 Å². The van der Waals surface area contributed by atoms with Crippen molar-refractivity contribution in [2.24, 2.45) is 11.3 Å². The van der Waals surface area contributed by atoms with Crippen molar-refractivity contribution in [1.29, 1.82) is 0 Å². The van der Waals surface area contributed by atoms with Crippen molar-refractivity contribution in [2.45, 2.75) is 27.7 Å². The van der Waals surface area contributed by atoms with Gasteiger partial charge in [0.15, 0.2) is 5.76 Å². The molecule has 1 N–H and O–H groups in total. The molecule has 9 heteroatoms. The summed E-state index contributed by atoms with van der Waals surface area (Å²) in [6.07, 6.45) is 0. The van der Waals surface area contributed by atoms with Crippen LogP contribution in [0.5, 0.6) is 5.75 Å². The van der Waals surface area contributed by atoms with Gasteiger partial charge in [-0.1, -0.05) is 13.8 Å². The molecule has 1 aliphatic rings. The highest BCUT2D eigenvalue weighted by atomic mass is 16.6. The number of nitro groups is 1. The molecule has 1 aromatic carbocycles. The summed E-state index contributed by atoms with van der Waals surface area (Å²) < 4.78 is 10.8. The number of nitrogens with zero attached hydrogens (tertiary/aromatic N) is 2. The van der Waals surface area contributed by atoms with Crippen LogP contribution < -0.4 is 15.0 Å². The molecule has 0 saturated carbocycles. The maximum absolute atomic E-state index is 13.0. The Morgan fingerprint density at radius 1 is 1.31 bits per heavy atom. The van der Waals surface area contributed by atoms with Gasteiger partial charge in [-0.25, -0.2) is 0 Å². The minimum Gasteiger partial charge on any atom is -0.490 e. The average Bonchev–Trinajstić information content (AvgIpc) is 3.12. The maximum atomic E-state index is 13.0. The summed E-state index contributed by atoms with van der Waals surface area (Å²) in [5.74, 6) is -0.592. The third-order valence-corrected chi connectivity index (χ3v) is 4.46. The van der Waals surface area contributed by atoms with E-state index in [-0.39, 0.29) is 24.2 Å². The van der Waals surface area contributed by atoms with Crippen molar-refractivity contribution in [2.75, 3.05) is 23.4 Å². The van der Waals surface area contributed by atoms with Crippen molar-refractivity contribution in [1.82, 2.24) is 0 Å². The Labute approximate surface area is 167 Å². The van der Waals surface area contributed by atoms with Crippen molar-refractivity contribution in [3.8, 4) is 5.75 Å². The lowest BCUT2D eigenvalue weighted by atomic mass is 9.92. The Morgan fingerprint density at radius 3 is 2.66 bits per heavy atom. The number of fused-ring (bicyclic) bond motifs is 1. The first-order valence-electron chi connectivity index (χ1n) is 9.23. The summed E-state index contributed by atoms with van der Waals surface area (Å²) in [5, 5.41) is 13.3. The number of carbonyl (C=O) groups is 2. The number of hydrogen-bond donors (Lipinski definition) is 1. The Bertz CT molecular complexity index is 963. The molecule has 1 aliphatic heterocycles. The summed E-state index contributed by atoms with van der Waals surface area (Å²) in [4.78, 5) is 37.0. The standard InChI is InChI=1S/C20H23N3O6/c1-12(2)10-22-14-6-5-13(9-16(14)28-11-20(3,4)19(22)25)21-18(24)15-7-8-17(29-15)23(26)27/h5-9,12H,10-11H2,1-4H3,(H,21,24). The highest BCUT2D eigenvalue weighted by Crippen LogP contribution is 2.38. The van der Waals surface area contributed by atoms with Crippen LogP contribution in [0.4, 0.5) is 17.3 Å². The fraction of sp³-hybridized carbons (Fsp3) is 0.400. The van der Waals surface area contributed by atoms with E-state index in [2.05, 4.69) is 5.32 Å². The molecule has 0 aliphatic carbocycles. The largest absolute Gasteiger partial charge is 0.490 e. The molecule has 0 unspecified atom stereocenters. The maximum Gasteiger partial charge on any atom is 0.433 e. The van der Waals surface area contributed by atoms with Gasteiger partial charge in [-0.3, -0.25) is 19.7 Å². The van der Waals surface area contributed by atoms with Gasteiger partial charge < -0.3 is 19.4 Å². The van der Waals surface area contributed by atoms with Crippen LogP contribution in [-0.4, -0.2) is 29.9 Å². The molecule has 0 bridgehead atoms. The zero-order valence-corrected chi connectivity index (χ0v) is 16.7. The molecular weight excluding hydrogens is 378 g/mol. The first-order chi connectivity index (χ1) is 13.6. The highest BCUT2D eigenvalue weighted by Gasteiger charge is 2.38. The van der Waals surface area contributed by atoms with Gasteiger partial charge in [-0.2, -0.15) is 0 Å². The number of carbonyl (C=O) groups excluding carboxylic acids is 2. The number of rotatable bonds is 5. The smallest absolute Gasteiger partial charge is 0.433 e. The van der Waals surface area contributed by atoms with Gasteiger partial charge in [0.1, 0.15) is 17.3 Å². The molecule has 29 heavy (non-hydrogen) atoms. The molecule has 0 saturated heterocycles. The second kappa shape index (κ2) is 7.57. The van der Waals surface area contributed by atoms with Crippen LogP contribution in [0.1, 0.15) is 38.2 Å². The molecule has 0 spiro atoms. The summed E-state index contributed by atoms with van der Waals surface area (Å²) >= 11 is 0. The van der Waals surface area contributed by atoms with Gasteiger partial charge >= 0.3 is 5.88 Å². The lowest BCUT2D eigenvalue weighted by Crippen LogP contribution is -2.43. The molecule has 0 fully saturated rings. The summed E-state index contributed by atoms with van der Waals surface area (Å²) in [6.45, 7) is 8.48. The SMILES string of the molecule is CC(C)CN1C(=O)C(C)(C)COc2cc(NC(=O)c3ccc([N+](=O)[O-])o3)ccc21. The molecule has 2 amide bonds. The molecule has 3 rings (SSSR count). The topological polar surface area (TPSA) is 115 Å². The number of hydrogen-bond acceptors (Lipinski definition) is 6. The highest BCUT2D eigenvalue weighted by molar-refractivity contribution is 6.03. The second-order valence-corrected chi connectivity index (χ2v) is 8.01. The molecule has 9 nitrogen and oxygen atoms in total. The van der Waals surface area contributed by atoms with Crippen LogP contribution >= 0.6 is 0 Å². The number of benzene rings is 1. The first-order valence-corrected chi connectivity index (χ1v) is 9.23. The van der Waals surface area contributed by atoms with E-state index in [9.17, 15) is 19.7 Å². The lowest BCUT2D eigenvalue weighted by molar-refractivity contribution is -0.402. The van der Waals surface area contributed by atoms with Crippen LogP contribution in [0, 0.1) is 21.4 Å². The van der Waals surface area contributed by atoms with Crippen molar-refractivity contribution in [3.05, 3.63) is 46.2 Å². The van der Waals surface area contributed by atoms with Crippen LogP contribution in [-0.2, 0) is 4.79 Å². The molecule has 1 aromatic heterocycles. The lowest BCUT2D eigenvalue weighted by Gasteiger charge is -2.29. The van der Waals surface area contributed by atoms with Gasteiger partial charge in [-0.05, 0) is 38.0 Å². The number of amides is 2. The Balaban J connectivity index is 1.87. The quantitative estimate of drug-likeness (QED) is 0.601. The normalized spacial score (nSPS) is 15.5. The van der Waals surface area contributed by atoms with Crippen molar-refractivity contribution < 1.29 is 23.7 Å². The molecule has 0 atom stereocenters. The molecule has 2 heterocycles. The Morgan fingerprint density at radius 2 is 2.03 bits per heavy atom. The van der Waals surface area contributed by atoms with E-state index in [1.807, 2.05) is 27.7 Å². The predicted octanol–water partition coefficient (Wildman–Crippen LogP) is 3.85. The van der Waals surface area contributed by atoms with E-state index in [1.165, 1.54) is 6.07 Å². The van der Waals surface area contributed by atoms with Crippen LogP contribution in [0.15, 0.2) is 34.7 Å². The Hall–Kier alpha value is -3.36. The van der Waals surface area contributed by atoms with E-state index in [0.717, 1.165) is 6.07 Å². The van der Waals surface area contributed by atoms with Gasteiger partial charge in [0, 0.05) is 18.3 Å². The molecule has 0 radical (unpaired) electrons. The summed E-state index contributed by atoms with van der Waals surface area (Å²) in [7, 11) is 0. The van der Waals surface area contributed by atoms with E-state index in [4.69, 9.17) is 9.15 Å². The van der Waals surface area contributed by atoms with E-state index in [0.29, 0.717) is 23.7 Å². The van der Waals surface area contributed by atoms with Crippen LogP contribution in [0.2, 0.25) is 0 Å².